The molecule has 0 bridgehead atoms. The minimum Gasteiger partial charge on any atom is -0.211 e. The lowest BCUT2D eigenvalue weighted by atomic mass is 10.00. The molecule has 0 unspecified atom stereocenters. The average Bonchev–Trinajstić information content (AvgIpc) is 2.45. The highest BCUT2D eigenvalue weighted by Gasteiger charge is 2.05. The van der Waals surface area contributed by atoms with Crippen molar-refractivity contribution in [1.29, 1.82) is 0 Å². The molecule has 104 valence electrons. The van der Waals surface area contributed by atoms with E-state index in [4.69, 9.17) is 0 Å². The summed E-state index contributed by atoms with van der Waals surface area (Å²) < 4.78 is 0. The van der Waals surface area contributed by atoms with Crippen LogP contribution >= 0.6 is 0 Å². The molecule has 0 aliphatic carbocycles. The van der Waals surface area contributed by atoms with E-state index in [0.29, 0.717) is 17.8 Å². The van der Waals surface area contributed by atoms with E-state index < -0.39 is 0 Å². The summed E-state index contributed by atoms with van der Waals surface area (Å²) in [6, 6.07) is 11.4. The summed E-state index contributed by atoms with van der Waals surface area (Å²) in [5.41, 5.74) is 5.21. The Morgan fingerprint density at radius 2 is 1.62 bits per heavy atom. The molecule has 0 fully saturated rings. The minimum absolute atomic E-state index is 0.615. The van der Waals surface area contributed by atoms with Gasteiger partial charge in [0.15, 0.2) is 0 Å². The highest BCUT2D eigenvalue weighted by molar-refractivity contribution is 5.58. The first-order chi connectivity index (χ1) is 10.1. The Morgan fingerprint density at radius 3 is 2.29 bits per heavy atom. The summed E-state index contributed by atoms with van der Waals surface area (Å²) in [6.07, 6.45) is 3.78. The molecular weight excluding hydrogens is 264 g/mol. The first-order valence-corrected chi connectivity index (χ1v) is 6.49. The van der Waals surface area contributed by atoms with Crippen LogP contribution in [0.2, 0.25) is 0 Å². The van der Waals surface area contributed by atoms with Gasteiger partial charge in [0, 0.05) is 0 Å². The molecular formula is C17H14N2O2. The van der Waals surface area contributed by atoms with Gasteiger partial charge in [-0.15, -0.1) is 0 Å². The number of hydrogen-bond donors (Lipinski definition) is 0. The van der Waals surface area contributed by atoms with E-state index in [1.807, 2.05) is 44.2 Å². The lowest BCUT2D eigenvalue weighted by molar-refractivity contribution is 0.564. The van der Waals surface area contributed by atoms with Crippen LogP contribution in [0.15, 0.2) is 46.4 Å². The van der Waals surface area contributed by atoms with E-state index in [0.717, 1.165) is 22.3 Å². The summed E-state index contributed by atoms with van der Waals surface area (Å²) in [5, 5.41) is 0. The smallest absolute Gasteiger partial charge is 0.211 e. The number of isocyanates is 2. The van der Waals surface area contributed by atoms with Gasteiger partial charge in [-0.1, -0.05) is 24.3 Å². The zero-order valence-corrected chi connectivity index (χ0v) is 11.9. The predicted octanol–water partition coefficient (Wildman–Crippen LogP) is 3.83. The topological polar surface area (TPSA) is 58.9 Å². The molecule has 0 saturated heterocycles. The standard InChI is InChI=1S/C17H14N2O2/c1-12-3-5-15(17(7-12)19-11-21)9-14-4-6-16(18-10-20)13(2)8-14/h3-8H,9H2,1-2H3. The van der Waals surface area contributed by atoms with Crippen LogP contribution in [-0.2, 0) is 16.0 Å². The van der Waals surface area contributed by atoms with Crippen molar-refractivity contribution in [3.8, 4) is 0 Å². The van der Waals surface area contributed by atoms with Crippen LogP contribution in [0.4, 0.5) is 11.4 Å². The van der Waals surface area contributed by atoms with Gasteiger partial charge in [-0.05, 0) is 54.7 Å². The van der Waals surface area contributed by atoms with Gasteiger partial charge in [0.25, 0.3) is 0 Å². The summed E-state index contributed by atoms with van der Waals surface area (Å²) >= 11 is 0. The summed E-state index contributed by atoms with van der Waals surface area (Å²) in [4.78, 5) is 28.2. The third kappa shape index (κ3) is 3.61. The zero-order chi connectivity index (χ0) is 15.2. The number of carbonyl (C=O) groups excluding carboxylic acids is 2. The van der Waals surface area contributed by atoms with Crippen molar-refractivity contribution in [2.24, 2.45) is 9.98 Å². The Bertz CT molecular complexity index is 768. The fraction of sp³-hybridized carbons (Fsp3) is 0.176. The molecule has 0 atom stereocenters. The molecule has 2 aromatic carbocycles. The van der Waals surface area contributed by atoms with Crippen LogP contribution in [-0.4, -0.2) is 12.2 Å². The van der Waals surface area contributed by atoms with Crippen LogP contribution in [0.5, 0.6) is 0 Å². The van der Waals surface area contributed by atoms with Crippen molar-refractivity contribution in [2.45, 2.75) is 20.3 Å². The molecule has 4 nitrogen and oxygen atoms in total. The van der Waals surface area contributed by atoms with Gasteiger partial charge in [-0.3, -0.25) is 0 Å². The van der Waals surface area contributed by atoms with Gasteiger partial charge in [-0.2, -0.15) is 9.98 Å². The summed E-state index contributed by atoms with van der Waals surface area (Å²) in [5.74, 6) is 0. The van der Waals surface area contributed by atoms with Gasteiger partial charge >= 0.3 is 0 Å². The summed E-state index contributed by atoms with van der Waals surface area (Å²) in [7, 11) is 0. The fourth-order valence-electron chi connectivity index (χ4n) is 2.20. The Hall–Kier alpha value is -2.80. The lowest BCUT2D eigenvalue weighted by Crippen LogP contribution is -1.91. The number of rotatable bonds is 4. The fourth-order valence-corrected chi connectivity index (χ4v) is 2.20. The SMILES string of the molecule is Cc1ccc(Cc2ccc(N=C=O)c(C)c2)c(N=C=O)c1. The second-order valence-corrected chi connectivity index (χ2v) is 4.84. The molecule has 0 aromatic heterocycles. The summed E-state index contributed by atoms with van der Waals surface area (Å²) in [6.45, 7) is 3.84. The highest BCUT2D eigenvalue weighted by Crippen LogP contribution is 2.25. The number of aliphatic imine (C=N–C) groups is 2. The number of benzene rings is 2. The largest absolute Gasteiger partial charge is 0.240 e. The molecule has 0 aliphatic heterocycles. The molecule has 0 saturated carbocycles. The number of aryl methyl sites for hydroxylation is 2. The molecule has 2 rings (SSSR count). The number of hydrogen-bond acceptors (Lipinski definition) is 4. The lowest BCUT2D eigenvalue weighted by Gasteiger charge is -2.08. The Labute approximate surface area is 122 Å². The van der Waals surface area contributed by atoms with Gasteiger partial charge in [0.2, 0.25) is 12.2 Å². The van der Waals surface area contributed by atoms with Crippen LogP contribution in [0, 0.1) is 13.8 Å². The highest BCUT2D eigenvalue weighted by atomic mass is 16.1. The second-order valence-electron chi connectivity index (χ2n) is 4.84. The van der Waals surface area contributed by atoms with Crippen molar-refractivity contribution in [3.05, 3.63) is 58.7 Å². The zero-order valence-electron chi connectivity index (χ0n) is 11.9. The van der Waals surface area contributed by atoms with Gasteiger partial charge in [-0.25, -0.2) is 9.59 Å². The van der Waals surface area contributed by atoms with E-state index in [2.05, 4.69) is 9.98 Å². The van der Waals surface area contributed by atoms with E-state index in [9.17, 15) is 9.59 Å². The van der Waals surface area contributed by atoms with Gasteiger partial charge in [0.05, 0.1) is 11.4 Å². The number of nitrogens with zero attached hydrogens (tertiary/aromatic N) is 2. The predicted molar refractivity (Wildman–Crippen MR) is 80.7 cm³/mol. The molecule has 2 aromatic rings. The quantitative estimate of drug-likeness (QED) is 0.630. The van der Waals surface area contributed by atoms with E-state index in [1.54, 1.807) is 18.2 Å². The van der Waals surface area contributed by atoms with E-state index in [1.165, 1.54) is 0 Å². The molecule has 0 radical (unpaired) electrons. The van der Waals surface area contributed by atoms with Crippen LogP contribution in [0.1, 0.15) is 22.3 Å². The van der Waals surface area contributed by atoms with Crippen molar-refractivity contribution in [1.82, 2.24) is 0 Å². The molecule has 0 aliphatic rings. The molecule has 0 N–H and O–H groups in total. The first-order valence-electron chi connectivity index (χ1n) is 6.49. The van der Waals surface area contributed by atoms with Crippen LogP contribution in [0.25, 0.3) is 0 Å². The van der Waals surface area contributed by atoms with Crippen molar-refractivity contribution in [3.63, 3.8) is 0 Å². The molecule has 0 amide bonds. The van der Waals surface area contributed by atoms with Crippen molar-refractivity contribution < 1.29 is 9.59 Å². The maximum absolute atomic E-state index is 10.5. The van der Waals surface area contributed by atoms with Gasteiger partial charge in [0.1, 0.15) is 0 Å². The third-order valence-corrected chi connectivity index (χ3v) is 3.23. The maximum atomic E-state index is 10.5. The molecule has 0 spiro atoms. The monoisotopic (exact) mass is 278 g/mol. The van der Waals surface area contributed by atoms with E-state index in [-0.39, 0.29) is 0 Å². The van der Waals surface area contributed by atoms with E-state index >= 15 is 0 Å². The van der Waals surface area contributed by atoms with Crippen molar-refractivity contribution in [2.75, 3.05) is 0 Å². The first kappa shape index (κ1) is 14.6. The Kier molecular flexibility index (Phi) is 4.57. The van der Waals surface area contributed by atoms with Gasteiger partial charge < -0.3 is 0 Å². The maximum Gasteiger partial charge on any atom is 0.240 e. The Morgan fingerprint density at radius 1 is 0.905 bits per heavy atom. The average molecular weight is 278 g/mol. The van der Waals surface area contributed by atoms with Crippen LogP contribution < -0.4 is 0 Å². The molecule has 0 heterocycles. The second kappa shape index (κ2) is 6.58. The normalized spacial score (nSPS) is 9.62. The molecule has 4 heteroatoms. The molecule has 21 heavy (non-hydrogen) atoms. The Balaban J connectivity index is 2.36. The third-order valence-electron chi connectivity index (χ3n) is 3.23. The van der Waals surface area contributed by atoms with Crippen LogP contribution in [0.3, 0.4) is 0 Å². The minimum atomic E-state index is 0.615. The van der Waals surface area contributed by atoms with Crippen molar-refractivity contribution >= 4 is 23.5 Å².